The van der Waals surface area contributed by atoms with E-state index in [-0.39, 0.29) is 18.2 Å². The zero-order chi connectivity index (χ0) is 21.9. The quantitative estimate of drug-likeness (QED) is 0.393. The van der Waals surface area contributed by atoms with Gasteiger partial charge in [-0.2, -0.15) is 0 Å². The van der Waals surface area contributed by atoms with Crippen molar-refractivity contribution in [3.8, 4) is 5.75 Å². The molecule has 0 saturated heterocycles. The number of amides is 2. The third-order valence-electron chi connectivity index (χ3n) is 4.48. The van der Waals surface area contributed by atoms with Crippen molar-refractivity contribution in [2.24, 2.45) is 0 Å². The van der Waals surface area contributed by atoms with Crippen LogP contribution in [0.2, 0.25) is 0 Å². The van der Waals surface area contributed by atoms with E-state index in [1.54, 1.807) is 16.7 Å². The lowest BCUT2D eigenvalue weighted by atomic mass is 10.1. The number of carbonyl (C=O) groups excluding carboxylic acids is 2. The molecule has 0 aliphatic rings. The second kappa shape index (κ2) is 12.2. The number of unbranched alkanes of at least 4 members (excludes halogenated alkanes) is 1. The fourth-order valence-corrected chi connectivity index (χ4v) is 4.27. The highest BCUT2D eigenvalue weighted by Crippen LogP contribution is 2.17. The van der Waals surface area contributed by atoms with E-state index in [0.29, 0.717) is 23.8 Å². The van der Waals surface area contributed by atoms with Gasteiger partial charge >= 0.3 is 0 Å². The molecule has 164 valence electrons. The molecule has 0 unspecified atom stereocenters. The number of anilines is 1. The topological polar surface area (TPSA) is 80.3 Å². The van der Waals surface area contributed by atoms with Crippen molar-refractivity contribution in [2.45, 2.75) is 39.0 Å². The average molecular weight is 458 g/mol. The molecular formula is C23H27N3O3S2. The van der Waals surface area contributed by atoms with Crippen LogP contribution in [0.15, 0.2) is 47.2 Å². The lowest BCUT2D eigenvalue weighted by molar-refractivity contribution is -0.120. The summed E-state index contributed by atoms with van der Waals surface area (Å²) in [6.45, 7) is 3.44. The Bertz CT molecular complexity index is 953. The first-order chi connectivity index (χ1) is 15.1. The third kappa shape index (κ3) is 8.15. The van der Waals surface area contributed by atoms with Crippen LogP contribution in [0.4, 0.5) is 5.13 Å². The Morgan fingerprint density at radius 2 is 1.90 bits per heavy atom. The normalized spacial score (nSPS) is 10.6. The Balaban J connectivity index is 1.35. The molecule has 31 heavy (non-hydrogen) atoms. The summed E-state index contributed by atoms with van der Waals surface area (Å²) in [6, 6.07) is 11.8. The van der Waals surface area contributed by atoms with E-state index >= 15 is 0 Å². The molecule has 0 aliphatic carbocycles. The zero-order valence-electron chi connectivity index (χ0n) is 17.6. The van der Waals surface area contributed by atoms with Crippen molar-refractivity contribution >= 4 is 39.6 Å². The van der Waals surface area contributed by atoms with E-state index in [2.05, 4.69) is 22.5 Å². The van der Waals surface area contributed by atoms with Crippen LogP contribution in [0.5, 0.6) is 5.75 Å². The maximum Gasteiger partial charge on any atom is 0.231 e. The fourth-order valence-electron chi connectivity index (χ4n) is 2.84. The highest BCUT2D eigenvalue weighted by molar-refractivity contribution is 7.14. The molecule has 8 heteroatoms. The van der Waals surface area contributed by atoms with Crippen molar-refractivity contribution in [3.05, 3.63) is 63.3 Å². The molecule has 0 saturated carbocycles. The molecule has 0 aliphatic heterocycles. The maximum atomic E-state index is 12.2. The van der Waals surface area contributed by atoms with Crippen molar-refractivity contribution in [3.63, 3.8) is 0 Å². The zero-order valence-corrected chi connectivity index (χ0v) is 19.2. The first kappa shape index (κ1) is 23.0. The van der Waals surface area contributed by atoms with Crippen LogP contribution in [0.3, 0.4) is 0 Å². The predicted molar refractivity (Wildman–Crippen MR) is 126 cm³/mol. The summed E-state index contributed by atoms with van der Waals surface area (Å²) < 4.78 is 5.66. The summed E-state index contributed by atoms with van der Waals surface area (Å²) >= 11 is 2.88. The molecule has 1 aromatic carbocycles. The largest absolute Gasteiger partial charge is 0.494 e. The highest BCUT2D eigenvalue weighted by Gasteiger charge is 2.11. The van der Waals surface area contributed by atoms with Crippen molar-refractivity contribution in [1.29, 1.82) is 0 Å². The van der Waals surface area contributed by atoms with Gasteiger partial charge in [-0.05, 0) is 42.0 Å². The predicted octanol–water partition coefficient (Wildman–Crippen LogP) is 4.47. The molecule has 0 radical (unpaired) electrons. The van der Waals surface area contributed by atoms with Gasteiger partial charge in [0.25, 0.3) is 0 Å². The molecule has 0 fully saturated rings. The number of carbonyl (C=O) groups is 2. The molecule has 3 aromatic rings. The standard InChI is InChI=1S/C23H27N3O3S2/c1-2-3-12-29-19-8-6-17(7-9-19)10-11-24-21(27)14-18-16-31-23(25-18)26-22(28)15-20-5-4-13-30-20/h4-9,13,16H,2-3,10-12,14-15H2,1H3,(H,24,27)(H,25,26,28). The number of hydrogen-bond donors (Lipinski definition) is 2. The van der Waals surface area contributed by atoms with Crippen LogP contribution in [-0.4, -0.2) is 29.9 Å². The number of hydrogen-bond acceptors (Lipinski definition) is 6. The molecular weight excluding hydrogens is 430 g/mol. The molecule has 2 amide bonds. The summed E-state index contributed by atoms with van der Waals surface area (Å²) in [7, 11) is 0. The SMILES string of the molecule is CCCCOc1ccc(CCNC(=O)Cc2csc(NC(=O)Cc3cccs3)n2)cc1. The smallest absolute Gasteiger partial charge is 0.231 e. The van der Waals surface area contributed by atoms with Gasteiger partial charge in [-0.3, -0.25) is 9.59 Å². The number of rotatable bonds is 12. The summed E-state index contributed by atoms with van der Waals surface area (Å²) in [5.74, 6) is 0.693. The molecule has 0 atom stereocenters. The van der Waals surface area contributed by atoms with Crippen LogP contribution in [0, 0.1) is 0 Å². The number of nitrogens with zero attached hydrogens (tertiary/aromatic N) is 1. The number of thiazole rings is 1. The van der Waals surface area contributed by atoms with E-state index < -0.39 is 0 Å². The average Bonchev–Trinajstić information content (AvgIpc) is 3.41. The summed E-state index contributed by atoms with van der Waals surface area (Å²) in [5, 5.41) is 9.98. The first-order valence-corrected chi connectivity index (χ1v) is 12.1. The molecule has 3 rings (SSSR count). The van der Waals surface area contributed by atoms with Crippen molar-refractivity contribution in [1.82, 2.24) is 10.3 Å². The van der Waals surface area contributed by atoms with Crippen LogP contribution in [0.25, 0.3) is 0 Å². The van der Waals surface area contributed by atoms with Crippen LogP contribution >= 0.6 is 22.7 Å². The van der Waals surface area contributed by atoms with Gasteiger partial charge in [0.15, 0.2) is 5.13 Å². The van der Waals surface area contributed by atoms with Gasteiger partial charge in [-0.1, -0.05) is 31.5 Å². The fraction of sp³-hybridized carbons (Fsp3) is 0.348. The number of benzene rings is 1. The minimum absolute atomic E-state index is 0.0821. The number of nitrogens with one attached hydrogen (secondary N) is 2. The molecule has 6 nitrogen and oxygen atoms in total. The minimum Gasteiger partial charge on any atom is -0.494 e. The minimum atomic E-state index is -0.102. The molecule has 0 bridgehead atoms. The molecule has 2 N–H and O–H groups in total. The van der Waals surface area contributed by atoms with E-state index in [0.717, 1.165) is 42.1 Å². The van der Waals surface area contributed by atoms with Gasteiger partial charge in [0.2, 0.25) is 11.8 Å². The summed E-state index contributed by atoms with van der Waals surface area (Å²) in [6.07, 6.45) is 3.45. The Labute approximate surface area is 190 Å². The molecule has 0 spiro atoms. The Kier molecular flexibility index (Phi) is 9.05. The monoisotopic (exact) mass is 457 g/mol. The van der Waals surface area contributed by atoms with Gasteiger partial charge in [0.1, 0.15) is 5.75 Å². The highest BCUT2D eigenvalue weighted by atomic mass is 32.1. The number of aromatic nitrogens is 1. The van der Waals surface area contributed by atoms with Crippen LogP contribution in [-0.2, 0) is 28.9 Å². The number of ether oxygens (including phenoxy) is 1. The Morgan fingerprint density at radius 3 is 2.65 bits per heavy atom. The lowest BCUT2D eigenvalue weighted by Crippen LogP contribution is -2.27. The van der Waals surface area contributed by atoms with Crippen molar-refractivity contribution in [2.75, 3.05) is 18.5 Å². The van der Waals surface area contributed by atoms with Gasteiger partial charge in [0.05, 0.1) is 25.1 Å². The summed E-state index contributed by atoms with van der Waals surface area (Å²) in [4.78, 5) is 29.6. The maximum absolute atomic E-state index is 12.2. The third-order valence-corrected chi connectivity index (χ3v) is 6.16. The van der Waals surface area contributed by atoms with Crippen molar-refractivity contribution < 1.29 is 14.3 Å². The Hall–Kier alpha value is -2.71. The first-order valence-electron chi connectivity index (χ1n) is 10.4. The van der Waals surface area contributed by atoms with Crippen LogP contribution in [0.1, 0.15) is 35.9 Å². The van der Waals surface area contributed by atoms with Gasteiger partial charge in [-0.25, -0.2) is 4.98 Å². The van der Waals surface area contributed by atoms with Crippen LogP contribution < -0.4 is 15.4 Å². The van der Waals surface area contributed by atoms with E-state index in [1.165, 1.54) is 11.3 Å². The Morgan fingerprint density at radius 1 is 1.06 bits per heavy atom. The van der Waals surface area contributed by atoms with E-state index in [4.69, 9.17) is 4.74 Å². The van der Waals surface area contributed by atoms with E-state index in [1.807, 2.05) is 41.8 Å². The second-order valence-corrected chi connectivity index (χ2v) is 8.96. The summed E-state index contributed by atoms with van der Waals surface area (Å²) in [5.41, 5.74) is 1.80. The van der Waals surface area contributed by atoms with Gasteiger partial charge in [-0.15, -0.1) is 22.7 Å². The molecule has 2 aromatic heterocycles. The molecule has 2 heterocycles. The lowest BCUT2D eigenvalue weighted by Gasteiger charge is -2.07. The van der Waals surface area contributed by atoms with E-state index in [9.17, 15) is 9.59 Å². The van der Waals surface area contributed by atoms with Gasteiger partial charge in [0, 0.05) is 16.8 Å². The number of thiophene rings is 1. The second-order valence-electron chi connectivity index (χ2n) is 7.07. The van der Waals surface area contributed by atoms with Gasteiger partial charge < -0.3 is 15.4 Å².